The van der Waals surface area contributed by atoms with E-state index < -0.39 is 15.8 Å². The van der Waals surface area contributed by atoms with Crippen LogP contribution in [-0.4, -0.2) is 34.3 Å². The Morgan fingerprint density at radius 2 is 2.04 bits per heavy atom. The molecule has 0 radical (unpaired) electrons. The van der Waals surface area contributed by atoms with Gasteiger partial charge in [-0.25, -0.2) is 27.0 Å². The zero-order valence-electron chi connectivity index (χ0n) is 14.8. The van der Waals surface area contributed by atoms with Crippen molar-refractivity contribution in [3.63, 3.8) is 0 Å². The van der Waals surface area contributed by atoms with Crippen LogP contribution in [-0.2, 0) is 16.6 Å². The van der Waals surface area contributed by atoms with Gasteiger partial charge < -0.3 is 0 Å². The van der Waals surface area contributed by atoms with Crippen LogP contribution in [0, 0.1) is 5.82 Å². The van der Waals surface area contributed by atoms with Gasteiger partial charge in [0.15, 0.2) is 5.82 Å². The molecule has 8 nitrogen and oxygen atoms in total. The lowest BCUT2D eigenvalue weighted by Crippen LogP contribution is -2.32. The predicted octanol–water partition coefficient (Wildman–Crippen LogP) is 1.56. The Balaban J connectivity index is 1.54. The molecule has 146 valence electrons. The minimum absolute atomic E-state index is 0.0487. The third kappa shape index (κ3) is 3.73. The molecule has 0 saturated heterocycles. The normalized spacial score (nSPS) is 14.3. The summed E-state index contributed by atoms with van der Waals surface area (Å²) in [4.78, 5) is 16.6. The molecule has 1 fully saturated rings. The Morgan fingerprint density at radius 1 is 1.21 bits per heavy atom. The molecule has 1 aromatic carbocycles. The van der Waals surface area contributed by atoms with E-state index in [1.165, 1.54) is 22.9 Å². The molecule has 3 aromatic rings. The standard InChI is InChI=1S/C18H18FN5O3S/c19-14-4-1-5-16(11-14)28(26,27)21-9-10-23-18(25)24(15-6-7-15)17(22-23)13-3-2-8-20-12-13/h1-5,8,11-12,15,21H,6-7,9-10H2. The Kier molecular flexibility index (Phi) is 4.82. The van der Waals surface area contributed by atoms with E-state index >= 15 is 0 Å². The summed E-state index contributed by atoms with van der Waals surface area (Å²) < 4.78 is 43.1. The number of benzene rings is 1. The second kappa shape index (κ2) is 7.28. The number of rotatable bonds is 7. The number of hydrogen-bond donors (Lipinski definition) is 1. The average molecular weight is 403 g/mol. The van der Waals surface area contributed by atoms with Crippen LogP contribution in [0.3, 0.4) is 0 Å². The van der Waals surface area contributed by atoms with Crippen molar-refractivity contribution >= 4 is 10.0 Å². The van der Waals surface area contributed by atoms with E-state index in [0.717, 1.165) is 24.5 Å². The lowest BCUT2D eigenvalue weighted by atomic mass is 10.3. The number of nitrogens with one attached hydrogen (secondary N) is 1. The molecule has 28 heavy (non-hydrogen) atoms. The summed E-state index contributed by atoms with van der Waals surface area (Å²) in [5, 5.41) is 4.38. The zero-order valence-corrected chi connectivity index (χ0v) is 15.6. The van der Waals surface area contributed by atoms with Crippen molar-refractivity contribution in [1.29, 1.82) is 0 Å². The van der Waals surface area contributed by atoms with Gasteiger partial charge in [-0.3, -0.25) is 9.55 Å². The fourth-order valence-electron chi connectivity index (χ4n) is 2.92. The maximum absolute atomic E-state index is 13.3. The fraction of sp³-hybridized carbons (Fsp3) is 0.278. The van der Waals surface area contributed by atoms with Gasteiger partial charge in [-0.2, -0.15) is 0 Å². The minimum Gasteiger partial charge on any atom is -0.272 e. The van der Waals surface area contributed by atoms with Gasteiger partial charge in [0.05, 0.1) is 11.4 Å². The Labute approximate surface area is 160 Å². The predicted molar refractivity (Wildman–Crippen MR) is 99.6 cm³/mol. The summed E-state index contributed by atoms with van der Waals surface area (Å²) in [6.07, 6.45) is 5.09. The van der Waals surface area contributed by atoms with E-state index in [9.17, 15) is 17.6 Å². The molecule has 10 heteroatoms. The topological polar surface area (TPSA) is 98.9 Å². The quantitative estimate of drug-likeness (QED) is 0.646. The molecule has 4 rings (SSSR count). The van der Waals surface area contributed by atoms with Crippen molar-refractivity contribution in [3.05, 3.63) is 65.1 Å². The van der Waals surface area contributed by atoms with E-state index in [-0.39, 0.29) is 29.7 Å². The van der Waals surface area contributed by atoms with Crippen LogP contribution in [0.2, 0.25) is 0 Å². The van der Waals surface area contributed by atoms with Crippen molar-refractivity contribution < 1.29 is 12.8 Å². The van der Waals surface area contributed by atoms with Gasteiger partial charge in [-0.1, -0.05) is 6.07 Å². The van der Waals surface area contributed by atoms with Gasteiger partial charge in [0, 0.05) is 30.5 Å². The Hall–Kier alpha value is -2.85. The Bertz CT molecular complexity index is 1150. The van der Waals surface area contributed by atoms with Crippen molar-refractivity contribution in [2.24, 2.45) is 0 Å². The molecule has 2 aromatic heterocycles. The highest BCUT2D eigenvalue weighted by Crippen LogP contribution is 2.36. The summed E-state index contributed by atoms with van der Waals surface area (Å²) in [5.74, 6) is -0.114. The van der Waals surface area contributed by atoms with E-state index in [1.54, 1.807) is 23.0 Å². The van der Waals surface area contributed by atoms with E-state index in [2.05, 4.69) is 14.8 Å². The number of aromatic nitrogens is 4. The SMILES string of the molecule is O=c1n(CCNS(=O)(=O)c2cccc(F)c2)nc(-c2cccnc2)n1C1CC1. The number of nitrogens with zero attached hydrogens (tertiary/aromatic N) is 4. The highest BCUT2D eigenvalue weighted by Gasteiger charge is 2.30. The van der Waals surface area contributed by atoms with Crippen LogP contribution >= 0.6 is 0 Å². The molecular weight excluding hydrogens is 385 g/mol. The highest BCUT2D eigenvalue weighted by molar-refractivity contribution is 7.89. The summed E-state index contributed by atoms with van der Waals surface area (Å²) in [5.41, 5.74) is 0.442. The second-order valence-electron chi connectivity index (χ2n) is 6.53. The first-order chi connectivity index (χ1) is 13.5. The molecule has 1 aliphatic carbocycles. The first-order valence-electron chi connectivity index (χ1n) is 8.81. The number of pyridine rings is 1. The van der Waals surface area contributed by atoms with E-state index in [0.29, 0.717) is 5.82 Å². The molecule has 0 bridgehead atoms. The van der Waals surface area contributed by atoms with Gasteiger partial charge >= 0.3 is 5.69 Å². The van der Waals surface area contributed by atoms with E-state index in [1.807, 2.05) is 6.07 Å². The number of halogens is 1. The summed E-state index contributed by atoms with van der Waals surface area (Å²) in [7, 11) is -3.88. The minimum atomic E-state index is -3.88. The molecule has 0 spiro atoms. The molecule has 0 aliphatic heterocycles. The number of hydrogen-bond acceptors (Lipinski definition) is 5. The Morgan fingerprint density at radius 3 is 2.71 bits per heavy atom. The largest absolute Gasteiger partial charge is 0.346 e. The molecular formula is C18H18FN5O3S. The van der Waals surface area contributed by atoms with Crippen LogP contribution < -0.4 is 10.4 Å². The van der Waals surface area contributed by atoms with Gasteiger partial charge in [0.25, 0.3) is 0 Å². The van der Waals surface area contributed by atoms with Crippen LogP contribution in [0.4, 0.5) is 4.39 Å². The molecule has 1 aliphatic rings. The molecule has 0 unspecified atom stereocenters. The van der Waals surface area contributed by atoms with Gasteiger partial charge in [-0.15, -0.1) is 5.10 Å². The summed E-state index contributed by atoms with van der Waals surface area (Å²) in [6.45, 7) is 0.00722. The fourth-order valence-corrected chi connectivity index (χ4v) is 3.98. The molecule has 1 N–H and O–H groups in total. The van der Waals surface area contributed by atoms with Crippen LogP contribution in [0.25, 0.3) is 11.4 Å². The van der Waals surface area contributed by atoms with Crippen LogP contribution in [0.5, 0.6) is 0 Å². The molecule has 0 atom stereocenters. The first-order valence-corrected chi connectivity index (χ1v) is 10.3. The maximum Gasteiger partial charge on any atom is 0.346 e. The molecule has 0 amide bonds. The van der Waals surface area contributed by atoms with Gasteiger partial charge in [-0.05, 0) is 43.2 Å². The maximum atomic E-state index is 13.3. The molecule has 1 saturated carbocycles. The first kappa shape index (κ1) is 18.5. The van der Waals surface area contributed by atoms with Crippen molar-refractivity contribution in [3.8, 4) is 11.4 Å². The lowest BCUT2D eigenvalue weighted by molar-refractivity contribution is 0.546. The monoisotopic (exact) mass is 403 g/mol. The third-order valence-corrected chi connectivity index (χ3v) is 5.88. The van der Waals surface area contributed by atoms with Crippen molar-refractivity contribution in [1.82, 2.24) is 24.1 Å². The lowest BCUT2D eigenvalue weighted by Gasteiger charge is -2.06. The summed E-state index contributed by atoms with van der Waals surface area (Å²) in [6, 6.07) is 8.44. The zero-order chi connectivity index (χ0) is 19.7. The number of sulfonamides is 1. The van der Waals surface area contributed by atoms with Gasteiger partial charge in [0.1, 0.15) is 5.82 Å². The highest BCUT2D eigenvalue weighted by atomic mass is 32.2. The van der Waals surface area contributed by atoms with Crippen LogP contribution in [0.15, 0.2) is 58.5 Å². The van der Waals surface area contributed by atoms with Crippen molar-refractivity contribution in [2.45, 2.75) is 30.3 Å². The third-order valence-electron chi connectivity index (χ3n) is 4.42. The van der Waals surface area contributed by atoms with E-state index in [4.69, 9.17) is 0 Å². The average Bonchev–Trinajstić information content (AvgIpc) is 3.47. The summed E-state index contributed by atoms with van der Waals surface area (Å²) >= 11 is 0. The smallest absolute Gasteiger partial charge is 0.272 e. The van der Waals surface area contributed by atoms with Crippen molar-refractivity contribution in [2.75, 3.05) is 6.54 Å². The van der Waals surface area contributed by atoms with Crippen LogP contribution in [0.1, 0.15) is 18.9 Å². The molecule has 2 heterocycles. The second-order valence-corrected chi connectivity index (χ2v) is 8.29. The van der Waals surface area contributed by atoms with Gasteiger partial charge in [0.2, 0.25) is 10.0 Å².